The maximum Gasteiger partial charge on any atom is 0.325 e. The number of nitrogens with zero attached hydrogens (tertiary/aromatic N) is 1. The third kappa shape index (κ3) is 4.83. The van der Waals surface area contributed by atoms with Gasteiger partial charge in [0.1, 0.15) is 6.04 Å². The molecule has 1 rings (SSSR count). The zero-order chi connectivity index (χ0) is 14.4. The summed E-state index contributed by atoms with van der Waals surface area (Å²) in [6, 6.07) is 6.77. The standard InChI is InChI=1S/C14H18N2O3/c1-10(14(18)19)15-13(17)9-6-11-4-7-12(8-5-11)16(2)3/h4-10H,1-3H3,(H,15,17)(H,18,19)/b9-6+. The van der Waals surface area contributed by atoms with Gasteiger partial charge in [-0.1, -0.05) is 12.1 Å². The van der Waals surface area contributed by atoms with Gasteiger partial charge in [-0.25, -0.2) is 0 Å². The van der Waals surface area contributed by atoms with Crippen LogP contribution in [0.4, 0.5) is 5.69 Å². The number of amides is 1. The summed E-state index contributed by atoms with van der Waals surface area (Å²) in [5, 5.41) is 11.0. The van der Waals surface area contributed by atoms with Gasteiger partial charge in [-0.15, -0.1) is 0 Å². The highest BCUT2D eigenvalue weighted by molar-refractivity contribution is 5.94. The fourth-order valence-corrected chi connectivity index (χ4v) is 1.38. The Kier molecular flexibility index (Phi) is 5.11. The lowest BCUT2D eigenvalue weighted by molar-refractivity contribution is -0.140. The van der Waals surface area contributed by atoms with Crippen molar-refractivity contribution >= 4 is 23.6 Å². The molecule has 102 valence electrons. The number of hydrogen-bond acceptors (Lipinski definition) is 3. The molecule has 1 aromatic rings. The van der Waals surface area contributed by atoms with Crippen LogP contribution >= 0.6 is 0 Å². The van der Waals surface area contributed by atoms with Gasteiger partial charge in [0.25, 0.3) is 0 Å². The molecule has 0 bridgehead atoms. The largest absolute Gasteiger partial charge is 0.480 e. The number of carboxylic acids is 1. The minimum absolute atomic E-state index is 0.424. The molecule has 0 saturated carbocycles. The fourth-order valence-electron chi connectivity index (χ4n) is 1.38. The van der Waals surface area contributed by atoms with E-state index in [0.29, 0.717) is 0 Å². The van der Waals surface area contributed by atoms with E-state index in [4.69, 9.17) is 5.11 Å². The van der Waals surface area contributed by atoms with Gasteiger partial charge in [-0.2, -0.15) is 0 Å². The molecule has 1 atom stereocenters. The Labute approximate surface area is 112 Å². The molecule has 1 unspecified atom stereocenters. The van der Waals surface area contributed by atoms with Crippen molar-refractivity contribution < 1.29 is 14.7 Å². The van der Waals surface area contributed by atoms with Crippen molar-refractivity contribution in [2.24, 2.45) is 0 Å². The van der Waals surface area contributed by atoms with Gasteiger partial charge in [0, 0.05) is 25.9 Å². The van der Waals surface area contributed by atoms with Crippen molar-refractivity contribution in [3.05, 3.63) is 35.9 Å². The quantitative estimate of drug-likeness (QED) is 0.786. The molecule has 0 heterocycles. The number of nitrogens with one attached hydrogen (secondary N) is 1. The number of aliphatic carboxylic acids is 1. The van der Waals surface area contributed by atoms with E-state index in [2.05, 4.69) is 5.32 Å². The van der Waals surface area contributed by atoms with Gasteiger partial charge in [0.2, 0.25) is 5.91 Å². The highest BCUT2D eigenvalue weighted by atomic mass is 16.4. The second-order valence-corrected chi connectivity index (χ2v) is 4.39. The number of hydrogen-bond donors (Lipinski definition) is 2. The first-order valence-electron chi connectivity index (χ1n) is 5.89. The Balaban J connectivity index is 2.61. The number of carboxylic acid groups (broad SMARTS) is 1. The monoisotopic (exact) mass is 262 g/mol. The van der Waals surface area contributed by atoms with Crippen LogP contribution in [0.25, 0.3) is 6.08 Å². The van der Waals surface area contributed by atoms with E-state index in [1.54, 1.807) is 6.08 Å². The molecular weight excluding hydrogens is 244 g/mol. The van der Waals surface area contributed by atoms with Gasteiger partial charge < -0.3 is 15.3 Å². The molecule has 2 N–H and O–H groups in total. The Morgan fingerprint density at radius 2 is 1.84 bits per heavy atom. The number of benzene rings is 1. The topological polar surface area (TPSA) is 69.6 Å². The molecule has 0 aromatic heterocycles. The summed E-state index contributed by atoms with van der Waals surface area (Å²) in [4.78, 5) is 24.0. The first-order valence-corrected chi connectivity index (χ1v) is 5.89. The Morgan fingerprint density at radius 1 is 1.26 bits per heavy atom. The highest BCUT2D eigenvalue weighted by Gasteiger charge is 2.11. The summed E-state index contributed by atoms with van der Waals surface area (Å²) in [6.07, 6.45) is 2.97. The molecule has 0 aliphatic carbocycles. The molecule has 1 amide bonds. The van der Waals surface area contributed by atoms with Crippen molar-refractivity contribution in [2.45, 2.75) is 13.0 Å². The average Bonchev–Trinajstić information content (AvgIpc) is 2.36. The second kappa shape index (κ2) is 6.58. The minimum Gasteiger partial charge on any atom is -0.480 e. The van der Waals surface area contributed by atoms with Crippen molar-refractivity contribution in [3.63, 3.8) is 0 Å². The van der Waals surface area contributed by atoms with Crippen molar-refractivity contribution in [3.8, 4) is 0 Å². The van der Waals surface area contributed by atoms with Crippen LogP contribution in [0.1, 0.15) is 12.5 Å². The van der Waals surface area contributed by atoms with Crippen LogP contribution in [0.2, 0.25) is 0 Å². The predicted molar refractivity (Wildman–Crippen MR) is 75.0 cm³/mol. The lowest BCUT2D eigenvalue weighted by atomic mass is 10.2. The fraction of sp³-hybridized carbons (Fsp3) is 0.286. The Hall–Kier alpha value is -2.30. The summed E-state index contributed by atoms with van der Waals surface area (Å²) in [7, 11) is 3.90. The van der Waals surface area contributed by atoms with Gasteiger partial charge >= 0.3 is 5.97 Å². The predicted octanol–water partition coefficient (Wildman–Crippen LogP) is 1.36. The maximum atomic E-state index is 11.4. The van der Waals surface area contributed by atoms with E-state index in [1.807, 2.05) is 43.3 Å². The Bertz CT molecular complexity index is 478. The molecule has 5 nitrogen and oxygen atoms in total. The van der Waals surface area contributed by atoms with Crippen LogP contribution in [0.5, 0.6) is 0 Å². The summed E-state index contributed by atoms with van der Waals surface area (Å²) in [5.41, 5.74) is 1.95. The number of carbonyl (C=O) groups is 2. The van der Waals surface area contributed by atoms with Gasteiger partial charge in [-0.3, -0.25) is 9.59 Å². The molecule has 0 radical (unpaired) electrons. The van der Waals surface area contributed by atoms with Gasteiger partial charge in [-0.05, 0) is 30.7 Å². The van der Waals surface area contributed by atoms with Crippen LogP contribution in [0, 0.1) is 0 Å². The van der Waals surface area contributed by atoms with Crippen LogP contribution in [-0.2, 0) is 9.59 Å². The van der Waals surface area contributed by atoms with Crippen LogP contribution in [-0.4, -0.2) is 37.1 Å². The minimum atomic E-state index is -1.06. The van der Waals surface area contributed by atoms with Gasteiger partial charge in [0.15, 0.2) is 0 Å². The zero-order valence-corrected chi connectivity index (χ0v) is 11.3. The number of carbonyl (C=O) groups excluding carboxylic acids is 1. The molecule has 19 heavy (non-hydrogen) atoms. The van der Waals surface area contributed by atoms with E-state index in [0.717, 1.165) is 11.3 Å². The van der Waals surface area contributed by atoms with E-state index in [1.165, 1.54) is 13.0 Å². The molecule has 5 heteroatoms. The molecule has 0 spiro atoms. The van der Waals surface area contributed by atoms with Crippen molar-refractivity contribution in [1.29, 1.82) is 0 Å². The molecule has 0 aliphatic heterocycles. The first-order chi connectivity index (χ1) is 8.90. The van der Waals surface area contributed by atoms with Gasteiger partial charge in [0.05, 0.1) is 0 Å². The Morgan fingerprint density at radius 3 is 2.32 bits per heavy atom. The molecular formula is C14H18N2O3. The van der Waals surface area contributed by atoms with Crippen LogP contribution in [0.15, 0.2) is 30.3 Å². The zero-order valence-electron chi connectivity index (χ0n) is 11.3. The first kappa shape index (κ1) is 14.8. The van der Waals surface area contributed by atoms with E-state index in [9.17, 15) is 9.59 Å². The number of anilines is 1. The molecule has 0 fully saturated rings. The van der Waals surface area contributed by atoms with Crippen LogP contribution < -0.4 is 10.2 Å². The molecule has 0 saturated heterocycles. The SMILES string of the molecule is CC(NC(=O)/C=C/c1ccc(N(C)C)cc1)C(=O)O. The van der Waals surface area contributed by atoms with Crippen molar-refractivity contribution in [1.82, 2.24) is 5.32 Å². The van der Waals surface area contributed by atoms with E-state index >= 15 is 0 Å². The third-order valence-electron chi connectivity index (χ3n) is 2.57. The van der Waals surface area contributed by atoms with Crippen LogP contribution in [0.3, 0.4) is 0 Å². The van der Waals surface area contributed by atoms with E-state index < -0.39 is 17.9 Å². The average molecular weight is 262 g/mol. The summed E-state index contributed by atoms with van der Waals surface area (Å²) in [5.74, 6) is -1.48. The smallest absolute Gasteiger partial charge is 0.325 e. The molecule has 0 aliphatic rings. The number of rotatable bonds is 5. The second-order valence-electron chi connectivity index (χ2n) is 4.39. The summed E-state index contributed by atoms with van der Waals surface area (Å²) in [6.45, 7) is 1.42. The third-order valence-corrected chi connectivity index (χ3v) is 2.57. The summed E-state index contributed by atoms with van der Waals surface area (Å²) < 4.78 is 0. The molecule has 1 aromatic carbocycles. The van der Waals surface area contributed by atoms with Crippen molar-refractivity contribution in [2.75, 3.05) is 19.0 Å². The lowest BCUT2D eigenvalue weighted by Gasteiger charge is -2.11. The van der Waals surface area contributed by atoms with E-state index in [-0.39, 0.29) is 0 Å². The maximum absolute atomic E-state index is 11.4. The summed E-state index contributed by atoms with van der Waals surface area (Å²) >= 11 is 0. The normalized spacial score (nSPS) is 12.2. The highest BCUT2D eigenvalue weighted by Crippen LogP contribution is 2.12. The lowest BCUT2D eigenvalue weighted by Crippen LogP contribution is -2.37.